The second-order valence-electron chi connectivity index (χ2n) is 1.86. The molecule has 0 aromatic carbocycles. The summed E-state index contributed by atoms with van der Waals surface area (Å²) in [5, 5.41) is 0. The molecule has 0 amide bonds. The van der Waals surface area contributed by atoms with Crippen LogP contribution in [0.1, 0.15) is 0 Å². The molecule has 0 saturated heterocycles. The van der Waals surface area contributed by atoms with Gasteiger partial charge in [0.15, 0.2) is 0 Å². The lowest BCUT2D eigenvalue weighted by Gasteiger charge is -2.02. The Morgan fingerprint density at radius 1 is 1.64 bits per heavy atom. The van der Waals surface area contributed by atoms with Crippen LogP contribution < -0.4 is 16.0 Å². The lowest BCUT2D eigenvalue weighted by Crippen LogP contribution is -2.09. The topological polar surface area (TPSA) is 60.2 Å². The van der Waals surface area contributed by atoms with Gasteiger partial charge < -0.3 is 10.2 Å². The Bertz CT molecular complexity index is 231. The number of nitrogen functional groups attached to an aromatic ring is 1. The van der Waals surface area contributed by atoms with Crippen LogP contribution in [0.15, 0.2) is 12.1 Å². The third-order valence-electron chi connectivity index (χ3n) is 1.12. The zero-order chi connectivity index (χ0) is 8.27. The van der Waals surface area contributed by atoms with Gasteiger partial charge in [0.2, 0.25) is 5.88 Å². The Morgan fingerprint density at radius 3 is 2.91 bits per heavy atom. The molecule has 11 heavy (non-hydrogen) atoms. The van der Waals surface area contributed by atoms with Gasteiger partial charge in [0.1, 0.15) is 5.82 Å². The molecule has 0 saturated carbocycles. The van der Waals surface area contributed by atoms with Crippen molar-refractivity contribution in [2.24, 2.45) is 5.84 Å². The van der Waals surface area contributed by atoms with Crippen LogP contribution in [0.4, 0.5) is 5.82 Å². The first-order valence-corrected chi connectivity index (χ1v) is 4.02. The predicted molar refractivity (Wildman–Crippen MR) is 51.3 cm³/mol. The van der Waals surface area contributed by atoms with Crippen LogP contribution in [0.2, 0.25) is 0 Å². The Labute approximate surface area is 78.3 Å². The van der Waals surface area contributed by atoms with Crippen molar-refractivity contribution in [3.05, 3.63) is 15.7 Å². The van der Waals surface area contributed by atoms with Gasteiger partial charge in [-0.1, -0.05) is 0 Å². The molecule has 1 rings (SSSR count). The first-order chi connectivity index (χ1) is 5.26. The van der Waals surface area contributed by atoms with Crippen molar-refractivity contribution in [1.82, 2.24) is 4.98 Å². The number of methoxy groups -OCH3 is 1. The fraction of sp³-hybridized carbons (Fsp3) is 0.167. The van der Waals surface area contributed by atoms with Crippen LogP contribution in [0.5, 0.6) is 5.88 Å². The quantitative estimate of drug-likeness (QED) is 0.475. The molecule has 1 aromatic heterocycles. The number of halogens is 1. The number of hydrazine groups is 1. The second kappa shape index (κ2) is 3.72. The highest BCUT2D eigenvalue weighted by molar-refractivity contribution is 14.1. The third-order valence-corrected chi connectivity index (χ3v) is 1.75. The zero-order valence-electron chi connectivity index (χ0n) is 5.97. The molecule has 0 fully saturated rings. The van der Waals surface area contributed by atoms with E-state index in [-0.39, 0.29) is 0 Å². The van der Waals surface area contributed by atoms with Gasteiger partial charge in [0.25, 0.3) is 0 Å². The summed E-state index contributed by atoms with van der Waals surface area (Å²) in [6.07, 6.45) is 0. The SMILES string of the molecule is COc1cc(I)cc(NN)n1. The minimum absolute atomic E-state index is 0.560. The van der Waals surface area contributed by atoms with E-state index >= 15 is 0 Å². The maximum Gasteiger partial charge on any atom is 0.216 e. The molecule has 0 aliphatic heterocycles. The summed E-state index contributed by atoms with van der Waals surface area (Å²) in [5.74, 6) is 6.34. The zero-order valence-corrected chi connectivity index (χ0v) is 8.12. The third kappa shape index (κ3) is 2.19. The van der Waals surface area contributed by atoms with E-state index in [0.29, 0.717) is 11.7 Å². The van der Waals surface area contributed by atoms with Crippen LogP contribution in [0.25, 0.3) is 0 Å². The number of anilines is 1. The lowest BCUT2D eigenvalue weighted by atomic mass is 10.4. The molecule has 0 spiro atoms. The number of ether oxygens (including phenoxy) is 1. The number of aromatic nitrogens is 1. The fourth-order valence-electron chi connectivity index (χ4n) is 0.652. The molecule has 60 valence electrons. The molecule has 5 heteroatoms. The van der Waals surface area contributed by atoms with E-state index in [1.165, 1.54) is 0 Å². The monoisotopic (exact) mass is 265 g/mol. The summed E-state index contributed by atoms with van der Waals surface area (Å²) in [4.78, 5) is 4.01. The van der Waals surface area contributed by atoms with E-state index in [0.717, 1.165) is 3.57 Å². The highest BCUT2D eigenvalue weighted by atomic mass is 127. The summed E-state index contributed by atoms with van der Waals surface area (Å²) >= 11 is 2.16. The Hall–Kier alpha value is -0.560. The van der Waals surface area contributed by atoms with Gasteiger partial charge in [-0.15, -0.1) is 0 Å². The number of hydrogen-bond donors (Lipinski definition) is 2. The standard InChI is InChI=1S/C6H8IN3O/c1-11-6-3-4(7)2-5(9-6)10-8/h2-3H,8H2,1H3,(H,9,10). The highest BCUT2D eigenvalue weighted by Gasteiger charge is 1.98. The number of hydrogen-bond acceptors (Lipinski definition) is 4. The maximum atomic E-state index is 5.17. The largest absolute Gasteiger partial charge is 0.481 e. The molecule has 0 aliphatic rings. The van der Waals surface area contributed by atoms with Crippen LogP contribution in [0, 0.1) is 3.57 Å². The average Bonchev–Trinajstić information content (AvgIpc) is 2.03. The van der Waals surface area contributed by atoms with Crippen LogP contribution in [-0.2, 0) is 0 Å². The van der Waals surface area contributed by atoms with Gasteiger partial charge >= 0.3 is 0 Å². The Kier molecular flexibility index (Phi) is 2.89. The van der Waals surface area contributed by atoms with Gasteiger partial charge in [0.05, 0.1) is 7.11 Å². The number of nitrogens with one attached hydrogen (secondary N) is 1. The normalized spacial score (nSPS) is 9.36. The van der Waals surface area contributed by atoms with E-state index in [9.17, 15) is 0 Å². The van der Waals surface area contributed by atoms with Crippen molar-refractivity contribution >= 4 is 28.4 Å². The molecule has 4 nitrogen and oxygen atoms in total. The molecule has 3 N–H and O–H groups in total. The summed E-state index contributed by atoms with van der Waals surface area (Å²) in [6.45, 7) is 0. The van der Waals surface area contributed by atoms with Crippen molar-refractivity contribution in [2.75, 3.05) is 12.5 Å². The molecular formula is C6H8IN3O. The number of nitrogens with zero attached hydrogens (tertiary/aromatic N) is 1. The predicted octanol–water partition coefficient (Wildman–Crippen LogP) is 0.980. The summed E-state index contributed by atoms with van der Waals surface area (Å²) in [5.41, 5.74) is 2.45. The van der Waals surface area contributed by atoms with E-state index < -0.39 is 0 Å². The second-order valence-corrected chi connectivity index (χ2v) is 3.10. The van der Waals surface area contributed by atoms with Gasteiger partial charge in [-0.2, -0.15) is 4.98 Å². The smallest absolute Gasteiger partial charge is 0.216 e. The van der Waals surface area contributed by atoms with Crippen molar-refractivity contribution in [1.29, 1.82) is 0 Å². The number of rotatable bonds is 2. The molecule has 0 bridgehead atoms. The Balaban J connectivity index is 3.02. The summed E-state index contributed by atoms with van der Waals surface area (Å²) < 4.78 is 5.96. The van der Waals surface area contributed by atoms with Crippen LogP contribution >= 0.6 is 22.6 Å². The maximum absolute atomic E-state index is 5.17. The van der Waals surface area contributed by atoms with E-state index in [1.807, 2.05) is 12.1 Å². The number of nitrogens with two attached hydrogens (primary N) is 1. The van der Waals surface area contributed by atoms with Gasteiger partial charge in [0, 0.05) is 9.64 Å². The summed E-state index contributed by atoms with van der Waals surface area (Å²) in [7, 11) is 1.57. The first-order valence-electron chi connectivity index (χ1n) is 2.94. The van der Waals surface area contributed by atoms with Crippen molar-refractivity contribution in [2.45, 2.75) is 0 Å². The molecule has 0 radical (unpaired) electrons. The average molecular weight is 265 g/mol. The van der Waals surface area contributed by atoms with E-state index in [2.05, 4.69) is 33.0 Å². The van der Waals surface area contributed by atoms with Gasteiger partial charge in [-0.3, -0.25) is 0 Å². The molecule has 0 atom stereocenters. The molecule has 1 heterocycles. The molecule has 0 aliphatic carbocycles. The van der Waals surface area contributed by atoms with Crippen LogP contribution in [-0.4, -0.2) is 12.1 Å². The lowest BCUT2D eigenvalue weighted by molar-refractivity contribution is 0.398. The number of pyridine rings is 1. The van der Waals surface area contributed by atoms with Crippen molar-refractivity contribution in [3.63, 3.8) is 0 Å². The minimum atomic E-state index is 0.560. The van der Waals surface area contributed by atoms with Crippen molar-refractivity contribution in [3.8, 4) is 5.88 Å². The van der Waals surface area contributed by atoms with Gasteiger partial charge in [-0.05, 0) is 28.7 Å². The van der Waals surface area contributed by atoms with E-state index in [4.69, 9.17) is 10.6 Å². The summed E-state index contributed by atoms with van der Waals surface area (Å²) in [6, 6.07) is 3.64. The first kappa shape index (κ1) is 8.54. The minimum Gasteiger partial charge on any atom is -0.481 e. The molecule has 1 aromatic rings. The fourth-order valence-corrected chi connectivity index (χ4v) is 1.21. The highest BCUT2D eigenvalue weighted by Crippen LogP contribution is 2.16. The van der Waals surface area contributed by atoms with E-state index in [1.54, 1.807) is 7.11 Å². The van der Waals surface area contributed by atoms with Gasteiger partial charge in [-0.25, -0.2) is 5.84 Å². The van der Waals surface area contributed by atoms with Crippen molar-refractivity contribution < 1.29 is 4.74 Å². The molecular weight excluding hydrogens is 257 g/mol. The molecule has 0 unspecified atom stereocenters. The van der Waals surface area contributed by atoms with Crippen LogP contribution in [0.3, 0.4) is 0 Å². The Morgan fingerprint density at radius 2 is 2.36 bits per heavy atom.